The minimum absolute atomic E-state index is 0.144. The monoisotopic (exact) mass is 396 g/mol. The smallest absolute Gasteiger partial charge is 0.241 e. The fourth-order valence-electron chi connectivity index (χ4n) is 2.11. The number of benzene rings is 2. The Bertz CT molecular complexity index is 804. The van der Waals surface area contributed by atoms with Crippen molar-refractivity contribution in [2.45, 2.75) is 24.8 Å². The molecule has 1 amide bonds. The van der Waals surface area contributed by atoms with Gasteiger partial charge in [-0.25, -0.2) is 13.1 Å². The Kier molecular flexibility index (Phi) is 5.56. The highest BCUT2D eigenvalue weighted by Crippen LogP contribution is 2.24. The lowest BCUT2D eigenvalue weighted by Crippen LogP contribution is -2.27. The molecule has 2 rings (SSSR count). The minimum atomic E-state index is -3.65. The molecule has 0 saturated carbocycles. The number of amides is 1. The van der Waals surface area contributed by atoms with E-state index in [0.29, 0.717) is 5.69 Å². The lowest BCUT2D eigenvalue weighted by molar-refractivity contribution is -0.114. The summed E-state index contributed by atoms with van der Waals surface area (Å²) in [5, 5.41) is 2.60. The quantitative estimate of drug-likeness (QED) is 0.812. The fourth-order valence-corrected chi connectivity index (χ4v) is 3.96. The largest absolute Gasteiger partial charge is 0.326 e. The number of sulfonamides is 1. The Morgan fingerprint density at radius 1 is 1.09 bits per heavy atom. The first-order chi connectivity index (χ1) is 10.8. The molecule has 5 nitrogen and oxygen atoms in total. The van der Waals surface area contributed by atoms with Crippen molar-refractivity contribution in [1.29, 1.82) is 0 Å². The maximum atomic E-state index is 12.4. The van der Waals surface area contributed by atoms with Crippen molar-refractivity contribution in [2.75, 3.05) is 5.32 Å². The molecule has 0 aliphatic rings. The first-order valence-corrected chi connectivity index (χ1v) is 9.21. The van der Waals surface area contributed by atoms with Crippen molar-refractivity contribution < 1.29 is 13.2 Å². The molecule has 0 unspecified atom stereocenters. The zero-order chi connectivity index (χ0) is 17.0. The summed E-state index contributed by atoms with van der Waals surface area (Å²) in [5.74, 6) is -0.207. The minimum Gasteiger partial charge on any atom is -0.326 e. The van der Waals surface area contributed by atoms with Gasteiger partial charge in [-0.2, -0.15) is 0 Å². The number of anilines is 1. The second-order valence-electron chi connectivity index (χ2n) is 5.07. The zero-order valence-corrected chi connectivity index (χ0v) is 15.1. The van der Waals surface area contributed by atoms with E-state index in [0.717, 1.165) is 10.0 Å². The summed E-state index contributed by atoms with van der Waals surface area (Å²) in [4.78, 5) is 11.1. The molecule has 122 valence electrons. The normalized spacial score (nSPS) is 12.7. The molecule has 2 aromatic carbocycles. The van der Waals surface area contributed by atoms with Gasteiger partial charge in [0.1, 0.15) is 0 Å². The molecule has 0 saturated heterocycles. The summed E-state index contributed by atoms with van der Waals surface area (Å²) in [6.07, 6.45) is 0. The van der Waals surface area contributed by atoms with Crippen LogP contribution in [0.3, 0.4) is 0 Å². The van der Waals surface area contributed by atoms with Gasteiger partial charge in [0.2, 0.25) is 15.9 Å². The molecule has 2 N–H and O–H groups in total. The molecule has 0 heterocycles. The molecule has 2 aromatic rings. The Hall–Kier alpha value is -1.70. The number of carbonyl (C=O) groups is 1. The lowest BCUT2D eigenvalue weighted by Gasteiger charge is -2.16. The van der Waals surface area contributed by atoms with Crippen molar-refractivity contribution in [3.05, 3.63) is 58.6 Å². The predicted octanol–water partition coefficient (Wildman–Crippen LogP) is 3.45. The average Bonchev–Trinajstić information content (AvgIpc) is 2.47. The van der Waals surface area contributed by atoms with E-state index in [9.17, 15) is 13.2 Å². The summed E-state index contributed by atoms with van der Waals surface area (Å²) in [6.45, 7) is 3.18. The van der Waals surface area contributed by atoms with Gasteiger partial charge in [0.05, 0.1) is 4.90 Å². The number of halogens is 1. The second-order valence-corrected chi connectivity index (χ2v) is 7.64. The van der Waals surface area contributed by atoms with E-state index in [2.05, 4.69) is 26.0 Å². The third-order valence-corrected chi connectivity index (χ3v) is 5.47. The van der Waals surface area contributed by atoms with E-state index >= 15 is 0 Å². The highest BCUT2D eigenvalue weighted by molar-refractivity contribution is 9.10. The van der Waals surface area contributed by atoms with Gasteiger partial charge in [-0.1, -0.05) is 34.1 Å². The van der Waals surface area contributed by atoms with Crippen LogP contribution in [0.4, 0.5) is 5.69 Å². The molecule has 0 bridgehead atoms. The van der Waals surface area contributed by atoms with E-state index < -0.39 is 10.0 Å². The second kappa shape index (κ2) is 7.25. The van der Waals surface area contributed by atoms with Crippen LogP contribution in [0.1, 0.15) is 25.5 Å². The van der Waals surface area contributed by atoms with Gasteiger partial charge in [0, 0.05) is 23.1 Å². The number of hydrogen-bond donors (Lipinski definition) is 2. The summed E-state index contributed by atoms with van der Waals surface area (Å²) in [6, 6.07) is 13.1. The van der Waals surface area contributed by atoms with Crippen LogP contribution in [-0.4, -0.2) is 14.3 Å². The zero-order valence-electron chi connectivity index (χ0n) is 12.7. The van der Waals surface area contributed by atoms with Crippen LogP contribution >= 0.6 is 15.9 Å². The fraction of sp³-hybridized carbons (Fsp3) is 0.188. The molecule has 0 radical (unpaired) electrons. The van der Waals surface area contributed by atoms with E-state index in [1.165, 1.54) is 19.1 Å². The predicted molar refractivity (Wildman–Crippen MR) is 93.6 cm³/mol. The average molecular weight is 397 g/mol. The SMILES string of the molecule is CC(=O)Nc1ccc(S(=O)(=O)N[C@H](C)c2ccccc2Br)cc1. The van der Waals surface area contributed by atoms with Gasteiger partial charge >= 0.3 is 0 Å². The maximum Gasteiger partial charge on any atom is 0.241 e. The van der Waals surface area contributed by atoms with Crippen LogP contribution in [0.2, 0.25) is 0 Å². The third kappa shape index (κ3) is 4.63. The van der Waals surface area contributed by atoms with Gasteiger partial charge in [-0.05, 0) is 42.8 Å². The van der Waals surface area contributed by atoms with E-state index in [-0.39, 0.29) is 16.8 Å². The molecule has 23 heavy (non-hydrogen) atoms. The highest BCUT2D eigenvalue weighted by Gasteiger charge is 2.19. The standard InChI is InChI=1S/C16H17BrN2O3S/c1-11(15-5-3-4-6-16(15)17)19-23(21,22)14-9-7-13(8-10-14)18-12(2)20/h3-11,19H,1-2H3,(H,18,20)/t11-/m1/s1. The first-order valence-electron chi connectivity index (χ1n) is 6.94. The summed E-state index contributed by atoms with van der Waals surface area (Å²) in [5.41, 5.74) is 1.40. The van der Waals surface area contributed by atoms with Crippen LogP contribution in [0.5, 0.6) is 0 Å². The molecular formula is C16H17BrN2O3S. The van der Waals surface area contributed by atoms with Gasteiger partial charge in [0.25, 0.3) is 0 Å². The third-order valence-electron chi connectivity index (χ3n) is 3.19. The van der Waals surface area contributed by atoms with Gasteiger partial charge in [-0.3, -0.25) is 4.79 Å². The number of rotatable bonds is 5. The molecule has 1 atom stereocenters. The van der Waals surface area contributed by atoms with E-state index in [1.807, 2.05) is 24.3 Å². The molecule has 7 heteroatoms. The highest BCUT2D eigenvalue weighted by atomic mass is 79.9. The lowest BCUT2D eigenvalue weighted by atomic mass is 10.1. The van der Waals surface area contributed by atoms with Crippen LogP contribution in [0, 0.1) is 0 Å². The Morgan fingerprint density at radius 3 is 2.26 bits per heavy atom. The number of nitrogens with one attached hydrogen (secondary N) is 2. The summed E-state index contributed by atoms with van der Waals surface area (Å²) >= 11 is 3.42. The Labute approximate surface area is 144 Å². The first kappa shape index (κ1) is 17.7. The van der Waals surface area contributed by atoms with Crippen LogP contribution in [0.15, 0.2) is 57.9 Å². The van der Waals surface area contributed by atoms with Gasteiger partial charge < -0.3 is 5.32 Å². The van der Waals surface area contributed by atoms with Gasteiger partial charge in [0.15, 0.2) is 0 Å². The Balaban J connectivity index is 2.18. The van der Waals surface area contributed by atoms with Crippen molar-refractivity contribution >= 4 is 37.5 Å². The van der Waals surface area contributed by atoms with Crippen LogP contribution in [0.25, 0.3) is 0 Å². The van der Waals surface area contributed by atoms with Crippen molar-refractivity contribution in [3.63, 3.8) is 0 Å². The van der Waals surface area contributed by atoms with Crippen molar-refractivity contribution in [1.82, 2.24) is 4.72 Å². The molecule has 0 spiro atoms. The van der Waals surface area contributed by atoms with E-state index in [4.69, 9.17) is 0 Å². The maximum absolute atomic E-state index is 12.4. The molecule has 0 aliphatic carbocycles. The number of hydrogen-bond acceptors (Lipinski definition) is 3. The van der Waals surface area contributed by atoms with Gasteiger partial charge in [-0.15, -0.1) is 0 Å². The van der Waals surface area contributed by atoms with Crippen molar-refractivity contribution in [3.8, 4) is 0 Å². The summed E-state index contributed by atoms with van der Waals surface area (Å²) in [7, 11) is -3.65. The van der Waals surface area contributed by atoms with Crippen LogP contribution in [-0.2, 0) is 14.8 Å². The molecule has 0 aromatic heterocycles. The molecule has 0 aliphatic heterocycles. The molecular weight excluding hydrogens is 380 g/mol. The summed E-state index contributed by atoms with van der Waals surface area (Å²) < 4.78 is 28.4. The number of carbonyl (C=O) groups excluding carboxylic acids is 1. The van der Waals surface area contributed by atoms with Crippen LogP contribution < -0.4 is 10.0 Å². The Morgan fingerprint density at radius 2 is 1.70 bits per heavy atom. The van der Waals surface area contributed by atoms with Crippen molar-refractivity contribution in [2.24, 2.45) is 0 Å². The topological polar surface area (TPSA) is 75.3 Å². The van der Waals surface area contributed by atoms with E-state index in [1.54, 1.807) is 19.1 Å². The molecule has 0 fully saturated rings.